The van der Waals surface area contributed by atoms with Crippen molar-refractivity contribution in [3.63, 3.8) is 0 Å². The number of halogens is 3. The molecule has 11 heteroatoms. The van der Waals surface area contributed by atoms with E-state index in [1.165, 1.54) is 0 Å². The van der Waals surface area contributed by atoms with Crippen LogP contribution in [0.25, 0.3) is 0 Å². The van der Waals surface area contributed by atoms with Gasteiger partial charge in [0.25, 0.3) is 6.43 Å². The van der Waals surface area contributed by atoms with Crippen LogP contribution < -0.4 is 5.32 Å². The van der Waals surface area contributed by atoms with E-state index in [2.05, 4.69) is 31.4 Å². The van der Waals surface area contributed by atoms with E-state index >= 15 is 0 Å². The van der Waals surface area contributed by atoms with Crippen molar-refractivity contribution in [2.24, 2.45) is 0 Å². The van der Waals surface area contributed by atoms with Crippen LogP contribution in [-0.2, 0) is 20.4 Å². The van der Waals surface area contributed by atoms with Gasteiger partial charge in [0.05, 0.1) is 5.75 Å². The number of nitrogens with zero attached hydrogens (tertiary/aromatic N) is 2. The van der Waals surface area contributed by atoms with E-state index < -0.39 is 32.9 Å². The second kappa shape index (κ2) is 7.41. The highest BCUT2D eigenvalue weighted by molar-refractivity contribution is 9.10. The third-order valence-electron chi connectivity index (χ3n) is 2.50. The number of alkyl halides is 2. The number of nitrogens with one attached hydrogen (secondary N) is 1. The highest BCUT2D eigenvalue weighted by atomic mass is 79.9. The summed E-state index contributed by atoms with van der Waals surface area (Å²) in [5.74, 6) is -1.93. The van der Waals surface area contributed by atoms with Gasteiger partial charge in [-0.25, -0.2) is 17.2 Å². The van der Waals surface area contributed by atoms with E-state index in [1.54, 1.807) is 24.3 Å². The SMILES string of the molecule is O=C(CS(=O)(=O)Cc1cccc(Br)c1)Nc1nnc(C(F)F)s1. The average Bonchev–Trinajstić information content (AvgIpc) is 2.85. The minimum Gasteiger partial charge on any atom is -0.300 e. The number of benzene rings is 1. The fourth-order valence-corrected chi connectivity index (χ4v) is 3.98. The molecule has 1 N–H and O–H groups in total. The van der Waals surface area contributed by atoms with Gasteiger partial charge in [0.1, 0.15) is 5.75 Å². The van der Waals surface area contributed by atoms with Crippen LogP contribution in [0.5, 0.6) is 0 Å². The van der Waals surface area contributed by atoms with Gasteiger partial charge in [-0.1, -0.05) is 39.4 Å². The molecule has 0 aliphatic heterocycles. The Morgan fingerprint density at radius 1 is 1.35 bits per heavy atom. The van der Waals surface area contributed by atoms with Crippen molar-refractivity contribution in [1.82, 2.24) is 10.2 Å². The molecule has 0 aliphatic carbocycles. The summed E-state index contributed by atoms with van der Waals surface area (Å²) in [7, 11) is -3.70. The first kappa shape index (κ1) is 17.9. The molecule has 6 nitrogen and oxygen atoms in total. The van der Waals surface area contributed by atoms with Crippen LogP contribution in [-0.4, -0.2) is 30.3 Å². The molecular weight excluding hydrogens is 416 g/mol. The number of hydrogen-bond acceptors (Lipinski definition) is 6. The Morgan fingerprint density at radius 2 is 2.09 bits per heavy atom. The van der Waals surface area contributed by atoms with E-state index in [0.29, 0.717) is 16.9 Å². The van der Waals surface area contributed by atoms with Crippen LogP contribution in [0.1, 0.15) is 17.0 Å². The monoisotopic (exact) mass is 425 g/mol. The van der Waals surface area contributed by atoms with Gasteiger partial charge in [0.2, 0.25) is 11.0 Å². The van der Waals surface area contributed by atoms with Crippen molar-refractivity contribution < 1.29 is 22.0 Å². The van der Waals surface area contributed by atoms with Gasteiger partial charge in [0.15, 0.2) is 14.8 Å². The predicted octanol–water partition coefficient (Wildman–Crippen LogP) is 2.79. The zero-order chi connectivity index (χ0) is 17.0. The van der Waals surface area contributed by atoms with Crippen molar-refractivity contribution in [2.45, 2.75) is 12.2 Å². The first-order valence-electron chi connectivity index (χ1n) is 6.11. The molecule has 0 saturated carbocycles. The second-order valence-electron chi connectivity index (χ2n) is 4.46. The largest absolute Gasteiger partial charge is 0.300 e. The van der Waals surface area contributed by atoms with E-state index in [-0.39, 0.29) is 10.9 Å². The Bertz CT molecular complexity index is 811. The third-order valence-corrected chi connectivity index (χ3v) is 5.31. The van der Waals surface area contributed by atoms with E-state index in [0.717, 1.165) is 4.47 Å². The molecule has 2 aromatic rings. The van der Waals surface area contributed by atoms with Gasteiger partial charge in [-0.05, 0) is 17.7 Å². The number of sulfone groups is 1. The van der Waals surface area contributed by atoms with Gasteiger partial charge < -0.3 is 0 Å². The second-order valence-corrected chi connectivity index (χ2v) is 8.45. The molecule has 23 heavy (non-hydrogen) atoms. The molecule has 124 valence electrons. The molecule has 1 aromatic heterocycles. The minimum atomic E-state index is -3.70. The quantitative estimate of drug-likeness (QED) is 0.768. The molecule has 0 atom stereocenters. The van der Waals surface area contributed by atoms with Crippen LogP contribution in [0.2, 0.25) is 0 Å². The lowest BCUT2D eigenvalue weighted by molar-refractivity contribution is -0.113. The minimum absolute atomic E-state index is 0.164. The van der Waals surface area contributed by atoms with Crippen molar-refractivity contribution in [3.8, 4) is 0 Å². The molecular formula is C12H10BrF2N3O3S2. The first-order chi connectivity index (χ1) is 10.7. The summed E-state index contributed by atoms with van der Waals surface area (Å²) >= 11 is 3.73. The van der Waals surface area contributed by atoms with Crippen LogP contribution in [0, 0.1) is 0 Å². The van der Waals surface area contributed by atoms with Gasteiger partial charge >= 0.3 is 0 Å². The number of anilines is 1. The fraction of sp³-hybridized carbons (Fsp3) is 0.250. The lowest BCUT2D eigenvalue weighted by Gasteiger charge is -2.05. The maximum atomic E-state index is 12.4. The summed E-state index contributed by atoms with van der Waals surface area (Å²) in [6.07, 6.45) is -2.79. The summed E-state index contributed by atoms with van der Waals surface area (Å²) in [5.41, 5.74) is 0.531. The van der Waals surface area contributed by atoms with Crippen molar-refractivity contribution in [3.05, 3.63) is 39.3 Å². The summed E-state index contributed by atoms with van der Waals surface area (Å²) in [6, 6.07) is 6.69. The van der Waals surface area contributed by atoms with E-state index in [9.17, 15) is 22.0 Å². The van der Waals surface area contributed by atoms with E-state index in [1.807, 2.05) is 0 Å². The number of carbonyl (C=O) groups excluding carboxylic acids is 1. The van der Waals surface area contributed by atoms with Crippen molar-refractivity contribution >= 4 is 48.1 Å². The van der Waals surface area contributed by atoms with Gasteiger partial charge in [-0.3, -0.25) is 10.1 Å². The number of hydrogen-bond donors (Lipinski definition) is 1. The van der Waals surface area contributed by atoms with Crippen molar-refractivity contribution in [1.29, 1.82) is 0 Å². The van der Waals surface area contributed by atoms with Crippen LogP contribution in [0.3, 0.4) is 0 Å². The van der Waals surface area contributed by atoms with Crippen LogP contribution >= 0.6 is 27.3 Å². The van der Waals surface area contributed by atoms with Crippen LogP contribution in [0.15, 0.2) is 28.7 Å². The van der Waals surface area contributed by atoms with Crippen molar-refractivity contribution in [2.75, 3.05) is 11.1 Å². The molecule has 0 unspecified atom stereocenters. The molecule has 0 spiro atoms. The maximum absolute atomic E-state index is 12.4. The molecule has 0 radical (unpaired) electrons. The zero-order valence-corrected chi connectivity index (χ0v) is 14.6. The standard InChI is InChI=1S/C12H10BrF2N3O3S2/c13-8-3-1-2-7(4-8)5-23(20,21)6-9(19)16-12-18-17-11(22-12)10(14)15/h1-4,10H,5-6H2,(H,16,18,19). The molecule has 0 fully saturated rings. The summed E-state index contributed by atoms with van der Waals surface area (Å²) < 4.78 is 49.4. The normalized spacial score (nSPS) is 11.7. The first-order valence-corrected chi connectivity index (χ1v) is 9.54. The fourth-order valence-electron chi connectivity index (χ4n) is 1.66. The average molecular weight is 426 g/mol. The molecule has 0 saturated heterocycles. The topological polar surface area (TPSA) is 89.0 Å². The van der Waals surface area contributed by atoms with Crippen LogP contribution in [0.4, 0.5) is 13.9 Å². The molecule has 0 bridgehead atoms. The van der Waals surface area contributed by atoms with Gasteiger partial charge in [-0.15, -0.1) is 10.2 Å². The molecule has 1 amide bonds. The summed E-state index contributed by atoms with van der Waals surface area (Å²) in [5, 5.41) is 8.00. The number of amides is 1. The zero-order valence-electron chi connectivity index (χ0n) is 11.4. The highest BCUT2D eigenvalue weighted by Crippen LogP contribution is 2.25. The predicted molar refractivity (Wildman–Crippen MR) is 85.1 cm³/mol. The Hall–Kier alpha value is -1.46. The Labute approximate surface area is 143 Å². The molecule has 1 heterocycles. The smallest absolute Gasteiger partial charge is 0.291 e. The molecule has 0 aliphatic rings. The Morgan fingerprint density at radius 3 is 2.70 bits per heavy atom. The highest BCUT2D eigenvalue weighted by Gasteiger charge is 2.20. The Balaban J connectivity index is 1.97. The molecule has 1 aromatic carbocycles. The van der Waals surface area contributed by atoms with Gasteiger partial charge in [-0.2, -0.15) is 0 Å². The maximum Gasteiger partial charge on any atom is 0.291 e. The van der Waals surface area contributed by atoms with E-state index in [4.69, 9.17) is 0 Å². The lowest BCUT2D eigenvalue weighted by Crippen LogP contribution is -2.23. The number of carbonyl (C=O) groups is 1. The number of aromatic nitrogens is 2. The molecule has 2 rings (SSSR count). The third kappa shape index (κ3) is 5.59. The number of rotatable bonds is 6. The van der Waals surface area contributed by atoms with Gasteiger partial charge in [0, 0.05) is 4.47 Å². The Kier molecular flexibility index (Phi) is 5.76. The summed E-state index contributed by atoms with van der Waals surface area (Å²) in [4.78, 5) is 11.7. The summed E-state index contributed by atoms with van der Waals surface area (Å²) in [6.45, 7) is 0. The lowest BCUT2D eigenvalue weighted by atomic mass is 10.2.